The van der Waals surface area contributed by atoms with Gasteiger partial charge in [-0.15, -0.1) is 0 Å². The largest absolute Gasteiger partial charge is 0.490 e. The number of anilines is 2. The lowest BCUT2D eigenvalue weighted by atomic mass is 10.1. The fourth-order valence-corrected chi connectivity index (χ4v) is 1.92. The first-order valence-electron chi connectivity index (χ1n) is 6.32. The summed E-state index contributed by atoms with van der Waals surface area (Å²) in [5, 5.41) is 3.20. The van der Waals surface area contributed by atoms with Crippen LogP contribution in [-0.2, 0) is 13.0 Å². The first-order chi connectivity index (χ1) is 9.80. The molecule has 0 radical (unpaired) electrons. The fourth-order valence-electron chi connectivity index (χ4n) is 1.92. The monoisotopic (exact) mass is 274 g/mol. The molecule has 0 saturated carbocycles. The van der Waals surface area contributed by atoms with E-state index in [1.165, 1.54) is 11.9 Å². The predicted octanol–water partition coefficient (Wildman–Crippen LogP) is 1.34. The lowest BCUT2D eigenvalue weighted by Gasteiger charge is -2.13. The number of hydrogen-bond acceptors (Lipinski definition) is 7. The number of hydrazine groups is 1. The van der Waals surface area contributed by atoms with Crippen LogP contribution in [0.5, 0.6) is 5.75 Å². The Morgan fingerprint density at radius 2 is 2.05 bits per heavy atom. The summed E-state index contributed by atoms with van der Waals surface area (Å²) in [5.74, 6) is 6.87. The van der Waals surface area contributed by atoms with Gasteiger partial charge in [0.25, 0.3) is 0 Å². The number of nitrogens with zero attached hydrogens (tertiary/aromatic N) is 3. The zero-order valence-corrected chi connectivity index (χ0v) is 11.6. The first-order valence-corrected chi connectivity index (χ1v) is 6.32. The fraction of sp³-hybridized carbons (Fsp3) is 0.308. The third-order valence-electron chi connectivity index (χ3n) is 2.93. The summed E-state index contributed by atoms with van der Waals surface area (Å²) in [7, 11) is 1.54. The average molecular weight is 274 g/mol. The zero-order valence-electron chi connectivity index (χ0n) is 11.6. The second-order valence-corrected chi connectivity index (χ2v) is 4.06. The van der Waals surface area contributed by atoms with Crippen molar-refractivity contribution in [3.8, 4) is 5.75 Å². The van der Waals surface area contributed by atoms with Gasteiger partial charge < -0.3 is 15.5 Å². The van der Waals surface area contributed by atoms with Gasteiger partial charge in [0.15, 0.2) is 11.6 Å². The summed E-state index contributed by atoms with van der Waals surface area (Å²) in [5.41, 5.74) is 4.66. The maximum absolute atomic E-state index is 5.39. The minimum atomic E-state index is 0.432. The van der Waals surface area contributed by atoms with Crippen LogP contribution in [0.4, 0.5) is 11.6 Å². The van der Waals surface area contributed by atoms with Gasteiger partial charge in [0.2, 0.25) is 5.75 Å². The number of aryl methyl sites for hydroxylation is 1. The molecule has 0 unspecified atom stereocenters. The number of aromatic nitrogens is 3. The molecule has 7 heteroatoms. The van der Waals surface area contributed by atoms with E-state index in [9.17, 15) is 0 Å². The number of hydrogen-bond donors (Lipinski definition) is 3. The molecular formula is C13H18N6O. The van der Waals surface area contributed by atoms with Crippen molar-refractivity contribution in [1.82, 2.24) is 15.0 Å². The molecule has 0 aliphatic rings. The molecular weight excluding hydrogens is 256 g/mol. The Morgan fingerprint density at radius 1 is 1.25 bits per heavy atom. The molecule has 0 fully saturated rings. The van der Waals surface area contributed by atoms with Crippen LogP contribution in [0.15, 0.2) is 24.7 Å². The average Bonchev–Trinajstić information content (AvgIpc) is 2.52. The molecule has 0 bridgehead atoms. The van der Waals surface area contributed by atoms with Gasteiger partial charge in [-0.2, -0.15) is 0 Å². The lowest BCUT2D eigenvalue weighted by Crippen LogP contribution is -2.13. The van der Waals surface area contributed by atoms with Crippen molar-refractivity contribution in [2.45, 2.75) is 19.9 Å². The molecule has 0 aromatic carbocycles. The van der Waals surface area contributed by atoms with Crippen LogP contribution in [0.2, 0.25) is 0 Å². The van der Waals surface area contributed by atoms with Gasteiger partial charge in [-0.1, -0.05) is 13.0 Å². The highest BCUT2D eigenvalue weighted by Gasteiger charge is 2.11. The quantitative estimate of drug-likeness (QED) is 0.540. The van der Waals surface area contributed by atoms with E-state index in [1.807, 2.05) is 6.07 Å². The third-order valence-corrected chi connectivity index (χ3v) is 2.93. The van der Waals surface area contributed by atoms with E-state index in [4.69, 9.17) is 10.6 Å². The number of nitrogen functional groups attached to an aromatic ring is 1. The Morgan fingerprint density at radius 3 is 2.75 bits per heavy atom. The highest BCUT2D eigenvalue weighted by atomic mass is 16.5. The molecule has 0 spiro atoms. The van der Waals surface area contributed by atoms with E-state index >= 15 is 0 Å². The van der Waals surface area contributed by atoms with Gasteiger partial charge in [-0.05, 0) is 18.1 Å². The SMILES string of the molecule is CCc1cccnc1CNc1ncnc(NN)c1OC. The van der Waals surface area contributed by atoms with Crippen LogP contribution in [0.1, 0.15) is 18.2 Å². The van der Waals surface area contributed by atoms with Crippen LogP contribution >= 0.6 is 0 Å². The van der Waals surface area contributed by atoms with Crippen LogP contribution in [0, 0.1) is 0 Å². The van der Waals surface area contributed by atoms with Gasteiger partial charge >= 0.3 is 0 Å². The van der Waals surface area contributed by atoms with Gasteiger partial charge in [0.05, 0.1) is 19.3 Å². The summed E-state index contributed by atoms with van der Waals surface area (Å²) < 4.78 is 5.26. The molecule has 2 heterocycles. The highest BCUT2D eigenvalue weighted by molar-refractivity contribution is 5.63. The van der Waals surface area contributed by atoms with E-state index in [2.05, 4.69) is 38.7 Å². The molecule has 0 saturated heterocycles. The number of nitrogens with two attached hydrogens (primary N) is 1. The molecule has 2 aromatic rings. The molecule has 0 atom stereocenters. The molecule has 2 aromatic heterocycles. The minimum Gasteiger partial charge on any atom is -0.490 e. The Bertz CT molecular complexity index is 575. The number of nitrogens with one attached hydrogen (secondary N) is 2. The van der Waals surface area contributed by atoms with Gasteiger partial charge in [-0.25, -0.2) is 15.8 Å². The van der Waals surface area contributed by atoms with E-state index < -0.39 is 0 Å². The van der Waals surface area contributed by atoms with Crippen molar-refractivity contribution in [2.24, 2.45) is 5.84 Å². The Hall–Kier alpha value is -2.41. The van der Waals surface area contributed by atoms with Crippen molar-refractivity contribution in [2.75, 3.05) is 17.9 Å². The highest BCUT2D eigenvalue weighted by Crippen LogP contribution is 2.28. The molecule has 0 amide bonds. The van der Waals surface area contributed by atoms with Gasteiger partial charge in [-0.3, -0.25) is 4.98 Å². The summed E-state index contributed by atoms with van der Waals surface area (Å²) >= 11 is 0. The van der Waals surface area contributed by atoms with E-state index in [-0.39, 0.29) is 0 Å². The van der Waals surface area contributed by atoms with Crippen molar-refractivity contribution >= 4 is 11.6 Å². The minimum absolute atomic E-state index is 0.432. The maximum atomic E-state index is 5.39. The second kappa shape index (κ2) is 6.67. The van der Waals surface area contributed by atoms with E-state index in [1.54, 1.807) is 13.3 Å². The molecule has 20 heavy (non-hydrogen) atoms. The van der Waals surface area contributed by atoms with Crippen molar-refractivity contribution in [3.05, 3.63) is 35.9 Å². The van der Waals surface area contributed by atoms with Crippen LogP contribution in [0.25, 0.3) is 0 Å². The summed E-state index contributed by atoms with van der Waals surface area (Å²) in [6, 6.07) is 4.00. The number of methoxy groups -OCH3 is 1. The van der Waals surface area contributed by atoms with Crippen LogP contribution < -0.4 is 21.3 Å². The van der Waals surface area contributed by atoms with Crippen molar-refractivity contribution in [1.29, 1.82) is 0 Å². The third kappa shape index (κ3) is 2.94. The second-order valence-electron chi connectivity index (χ2n) is 4.06. The maximum Gasteiger partial charge on any atom is 0.205 e. The van der Waals surface area contributed by atoms with Crippen LogP contribution in [0.3, 0.4) is 0 Å². The molecule has 2 rings (SSSR count). The zero-order chi connectivity index (χ0) is 14.4. The Labute approximate surface area is 117 Å². The van der Waals surface area contributed by atoms with Crippen molar-refractivity contribution < 1.29 is 4.74 Å². The van der Waals surface area contributed by atoms with E-state index in [0.717, 1.165) is 12.1 Å². The summed E-state index contributed by atoms with van der Waals surface area (Å²) in [4.78, 5) is 12.5. The lowest BCUT2D eigenvalue weighted by molar-refractivity contribution is 0.414. The summed E-state index contributed by atoms with van der Waals surface area (Å²) in [6.07, 6.45) is 4.13. The predicted molar refractivity (Wildman–Crippen MR) is 77.3 cm³/mol. The van der Waals surface area contributed by atoms with Crippen molar-refractivity contribution in [3.63, 3.8) is 0 Å². The Kier molecular flexibility index (Phi) is 4.67. The molecule has 7 nitrogen and oxygen atoms in total. The topological polar surface area (TPSA) is 98.0 Å². The normalized spacial score (nSPS) is 10.2. The number of pyridine rings is 1. The molecule has 106 valence electrons. The molecule has 0 aliphatic heterocycles. The smallest absolute Gasteiger partial charge is 0.205 e. The van der Waals surface area contributed by atoms with Gasteiger partial charge in [0, 0.05) is 6.20 Å². The standard InChI is InChI=1S/C13H18N6O/c1-3-9-5-4-6-15-10(9)7-16-12-11(20-2)13(19-14)18-8-17-12/h4-6,8H,3,7,14H2,1-2H3,(H2,16,17,18,19). The Balaban J connectivity index is 2.19. The molecule has 4 N–H and O–H groups in total. The van der Waals surface area contributed by atoms with Crippen LogP contribution in [-0.4, -0.2) is 22.1 Å². The first kappa shape index (κ1) is 14.0. The number of ether oxygens (including phenoxy) is 1. The molecule has 0 aliphatic carbocycles. The van der Waals surface area contributed by atoms with E-state index in [0.29, 0.717) is 23.9 Å². The summed E-state index contributed by atoms with van der Waals surface area (Å²) in [6.45, 7) is 2.66. The number of rotatable bonds is 6. The van der Waals surface area contributed by atoms with Gasteiger partial charge in [0.1, 0.15) is 6.33 Å².